The maximum Gasteiger partial charge on any atom is 0.309 e. The van der Waals surface area contributed by atoms with E-state index >= 15 is 0 Å². The van der Waals surface area contributed by atoms with Gasteiger partial charge in [-0.15, -0.1) is 0 Å². The van der Waals surface area contributed by atoms with Gasteiger partial charge in [0.1, 0.15) is 5.60 Å². The van der Waals surface area contributed by atoms with E-state index in [-0.39, 0.29) is 11.9 Å². The van der Waals surface area contributed by atoms with E-state index in [4.69, 9.17) is 4.74 Å². The molecule has 0 aromatic carbocycles. The summed E-state index contributed by atoms with van der Waals surface area (Å²) in [6.45, 7) is 1.81. The summed E-state index contributed by atoms with van der Waals surface area (Å²) in [5.74, 6) is -0.157. The van der Waals surface area contributed by atoms with Gasteiger partial charge in [-0.25, -0.2) is 0 Å². The second kappa shape index (κ2) is 1.97. The molecule has 3 aliphatic rings. The van der Waals surface area contributed by atoms with Crippen LogP contribution in [0.5, 0.6) is 0 Å². The Labute approximate surface area is 65.4 Å². The molecular weight excluding hydrogens is 144 g/mol. The third-order valence-corrected chi connectivity index (χ3v) is 2.87. The Morgan fingerprint density at radius 2 is 2.45 bits per heavy atom. The van der Waals surface area contributed by atoms with Crippen LogP contribution in [0.1, 0.15) is 26.2 Å². The average molecular weight is 156 g/mol. The second-order valence-corrected chi connectivity index (χ2v) is 3.72. The Bertz CT molecular complexity index is 202. The SMILES string of the molecule is C[C@]12CC[C@H](C[C@@H]1O)C(=O)O2. The first-order valence-electron chi connectivity index (χ1n) is 4.03. The van der Waals surface area contributed by atoms with Gasteiger partial charge in [0.15, 0.2) is 0 Å². The summed E-state index contributed by atoms with van der Waals surface area (Å²) in [5.41, 5.74) is -0.578. The summed E-state index contributed by atoms with van der Waals surface area (Å²) in [4.78, 5) is 11.1. The van der Waals surface area contributed by atoms with Gasteiger partial charge >= 0.3 is 5.97 Å². The summed E-state index contributed by atoms with van der Waals surface area (Å²) in [6, 6.07) is 0. The quantitative estimate of drug-likeness (QED) is 0.518. The lowest BCUT2D eigenvalue weighted by atomic mass is 9.74. The number of aliphatic hydroxyl groups excluding tert-OH is 1. The van der Waals surface area contributed by atoms with Crippen molar-refractivity contribution in [3.05, 3.63) is 0 Å². The lowest BCUT2D eigenvalue weighted by Gasteiger charge is -2.46. The van der Waals surface area contributed by atoms with Crippen molar-refractivity contribution >= 4 is 5.97 Å². The molecule has 1 aliphatic carbocycles. The fourth-order valence-corrected chi connectivity index (χ4v) is 1.91. The monoisotopic (exact) mass is 156 g/mol. The molecule has 3 heteroatoms. The van der Waals surface area contributed by atoms with E-state index in [1.54, 1.807) is 0 Å². The molecule has 62 valence electrons. The predicted octanol–water partition coefficient (Wildman–Crippen LogP) is 0.463. The van der Waals surface area contributed by atoms with E-state index in [2.05, 4.69) is 0 Å². The molecule has 3 atom stereocenters. The molecule has 0 spiro atoms. The van der Waals surface area contributed by atoms with E-state index in [1.165, 1.54) is 0 Å². The zero-order chi connectivity index (χ0) is 8.06. The highest BCUT2D eigenvalue weighted by molar-refractivity contribution is 5.75. The molecule has 2 saturated heterocycles. The molecule has 3 fully saturated rings. The Morgan fingerprint density at radius 3 is 2.82 bits per heavy atom. The molecule has 3 rings (SSSR count). The van der Waals surface area contributed by atoms with Crippen LogP contribution in [0.15, 0.2) is 0 Å². The Morgan fingerprint density at radius 1 is 1.73 bits per heavy atom. The van der Waals surface area contributed by atoms with Gasteiger partial charge in [-0.1, -0.05) is 0 Å². The number of aliphatic hydroxyl groups is 1. The normalized spacial score (nSPS) is 49.1. The van der Waals surface area contributed by atoms with E-state index in [9.17, 15) is 9.90 Å². The summed E-state index contributed by atoms with van der Waals surface area (Å²) in [6.07, 6.45) is 1.84. The number of esters is 1. The highest BCUT2D eigenvalue weighted by atomic mass is 16.6. The first-order chi connectivity index (χ1) is 5.12. The number of fused-ring (bicyclic) bond motifs is 3. The number of carbonyl (C=O) groups is 1. The highest BCUT2D eigenvalue weighted by Crippen LogP contribution is 2.41. The lowest BCUT2D eigenvalue weighted by molar-refractivity contribution is -0.208. The van der Waals surface area contributed by atoms with E-state index in [1.807, 2.05) is 6.92 Å². The van der Waals surface area contributed by atoms with Crippen LogP contribution in [0.3, 0.4) is 0 Å². The Hall–Kier alpha value is -0.570. The summed E-state index contributed by atoms with van der Waals surface area (Å²) < 4.78 is 5.10. The minimum Gasteiger partial charge on any atom is -0.456 e. The smallest absolute Gasteiger partial charge is 0.309 e. The van der Waals surface area contributed by atoms with Gasteiger partial charge in [0.25, 0.3) is 0 Å². The molecule has 1 N–H and O–H groups in total. The van der Waals surface area contributed by atoms with Crippen molar-refractivity contribution in [2.24, 2.45) is 5.92 Å². The zero-order valence-corrected chi connectivity index (χ0v) is 6.54. The van der Waals surface area contributed by atoms with E-state index in [0.717, 1.165) is 12.8 Å². The molecule has 2 bridgehead atoms. The topological polar surface area (TPSA) is 46.5 Å². The van der Waals surface area contributed by atoms with E-state index < -0.39 is 11.7 Å². The molecule has 1 saturated carbocycles. The molecular formula is C8H12O3. The Balaban J connectivity index is 2.26. The van der Waals surface area contributed by atoms with Gasteiger partial charge in [-0.05, 0) is 26.2 Å². The predicted molar refractivity (Wildman–Crippen MR) is 37.8 cm³/mol. The van der Waals surface area contributed by atoms with Crippen molar-refractivity contribution in [2.45, 2.75) is 37.9 Å². The van der Waals surface area contributed by atoms with Crippen LogP contribution in [0.25, 0.3) is 0 Å². The van der Waals surface area contributed by atoms with Crippen LogP contribution in [-0.4, -0.2) is 22.8 Å². The van der Waals surface area contributed by atoms with Crippen LogP contribution in [0.2, 0.25) is 0 Å². The van der Waals surface area contributed by atoms with Crippen molar-refractivity contribution in [1.29, 1.82) is 0 Å². The summed E-state index contributed by atoms with van der Waals surface area (Å²) in [5, 5.41) is 9.50. The first kappa shape index (κ1) is 7.10. The molecule has 3 nitrogen and oxygen atoms in total. The fourth-order valence-electron chi connectivity index (χ4n) is 1.91. The number of ether oxygens (including phenoxy) is 1. The minimum atomic E-state index is -0.578. The molecule has 0 aromatic heterocycles. The van der Waals surface area contributed by atoms with E-state index in [0.29, 0.717) is 6.42 Å². The molecule has 0 amide bonds. The standard InChI is InChI=1S/C8H12O3/c1-8-3-2-5(4-6(8)9)7(10)11-8/h5-6,9H,2-4H2,1H3/t5-,6+,8+/m1/s1. The molecule has 0 aromatic rings. The van der Waals surface area contributed by atoms with Crippen molar-refractivity contribution in [3.8, 4) is 0 Å². The van der Waals surface area contributed by atoms with Crippen LogP contribution in [0, 0.1) is 5.92 Å². The highest BCUT2D eigenvalue weighted by Gasteiger charge is 2.50. The van der Waals surface area contributed by atoms with Crippen LogP contribution >= 0.6 is 0 Å². The minimum absolute atomic E-state index is 0.0353. The zero-order valence-electron chi connectivity index (χ0n) is 6.54. The Kier molecular flexibility index (Phi) is 1.27. The van der Waals surface area contributed by atoms with Crippen molar-refractivity contribution in [3.63, 3.8) is 0 Å². The first-order valence-corrected chi connectivity index (χ1v) is 4.03. The van der Waals surface area contributed by atoms with Crippen molar-refractivity contribution < 1.29 is 14.6 Å². The van der Waals surface area contributed by atoms with Crippen LogP contribution in [-0.2, 0) is 9.53 Å². The maximum atomic E-state index is 11.1. The molecule has 0 radical (unpaired) electrons. The third kappa shape index (κ3) is 0.872. The van der Waals surface area contributed by atoms with Crippen LogP contribution < -0.4 is 0 Å². The molecule has 2 heterocycles. The van der Waals surface area contributed by atoms with Gasteiger partial charge in [0, 0.05) is 0 Å². The summed E-state index contributed by atoms with van der Waals surface area (Å²) >= 11 is 0. The van der Waals surface area contributed by atoms with Gasteiger partial charge < -0.3 is 9.84 Å². The van der Waals surface area contributed by atoms with Crippen molar-refractivity contribution in [1.82, 2.24) is 0 Å². The third-order valence-electron chi connectivity index (χ3n) is 2.87. The molecule has 2 aliphatic heterocycles. The van der Waals surface area contributed by atoms with Gasteiger partial charge in [-0.2, -0.15) is 0 Å². The lowest BCUT2D eigenvalue weighted by Crippen LogP contribution is -2.55. The largest absolute Gasteiger partial charge is 0.456 e. The number of hydrogen-bond acceptors (Lipinski definition) is 3. The fraction of sp³-hybridized carbons (Fsp3) is 0.875. The number of rotatable bonds is 0. The average Bonchev–Trinajstić information content (AvgIpc) is 1.92. The van der Waals surface area contributed by atoms with Crippen molar-refractivity contribution in [2.75, 3.05) is 0 Å². The number of hydrogen-bond donors (Lipinski definition) is 1. The molecule has 0 unspecified atom stereocenters. The van der Waals surface area contributed by atoms with Gasteiger partial charge in [0.2, 0.25) is 0 Å². The number of carbonyl (C=O) groups excluding carboxylic acids is 1. The maximum absolute atomic E-state index is 11.1. The second-order valence-electron chi connectivity index (χ2n) is 3.72. The van der Waals surface area contributed by atoms with Crippen LogP contribution in [0.4, 0.5) is 0 Å². The van der Waals surface area contributed by atoms with Gasteiger partial charge in [-0.3, -0.25) is 4.79 Å². The molecule has 11 heavy (non-hydrogen) atoms. The summed E-state index contributed by atoms with van der Waals surface area (Å²) in [7, 11) is 0. The van der Waals surface area contributed by atoms with Gasteiger partial charge in [0.05, 0.1) is 12.0 Å².